The number of piperazine rings is 1. The first-order valence-electron chi connectivity index (χ1n) is 15.5. The Morgan fingerprint density at radius 1 is 1.10 bits per heavy atom. The van der Waals surface area contributed by atoms with Crippen molar-refractivity contribution in [1.82, 2.24) is 39.8 Å². The van der Waals surface area contributed by atoms with Crippen LogP contribution in [0.3, 0.4) is 0 Å². The summed E-state index contributed by atoms with van der Waals surface area (Å²) in [6.07, 6.45) is 0.651. The number of aromatic amines is 1. The fraction of sp³-hybridized carbons (Fsp3) is 0.375. The minimum atomic E-state index is -4.78. The van der Waals surface area contributed by atoms with Gasteiger partial charge >= 0.3 is 6.18 Å². The first-order chi connectivity index (χ1) is 23.4. The number of hydrogen-bond acceptors (Lipinski definition) is 8. The number of rotatable bonds is 7. The second kappa shape index (κ2) is 13.6. The van der Waals surface area contributed by atoms with Gasteiger partial charge in [-0.05, 0) is 49.2 Å². The number of nitrogens with one attached hydrogen (secondary N) is 3. The number of carbonyl (C=O) groups is 3. The molecule has 2 aliphatic heterocycles. The van der Waals surface area contributed by atoms with E-state index < -0.39 is 23.4 Å². The van der Waals surface area contributed by atoms with Crippen LogP contribution in [0.2, 0.25) is 5.02 Å². The van der Waals surface area contributed by atoms with E-state index in [2.05, 4.69) is 30.8 Å². The van der Waals surface area contributed by atoms with Crippen molar-refractivity contribution >= 4 is 35.0 Å². The summed E-state index contributed by atoms with van der Waals surface area (Å²) in [5, 5.41) is 22.5. The van der Waals surface area contributed by atoms with Gasteiger partial charge in [0.25, 0.3) is 17.7 Å². The highest BCUT2D eigenvalue weighted by atomic mass is 35.5. The number of H-pyrrole nitrogens is 1. The quantitative estimate of drug-likeness (QED) is 0.229. The number of amides is 3. The summed E-state index contributed by atoms with van der Waals surface area (Å²) in [4.78, 5) is 50.8. The van der Waals surface area contributed by atoms with Crippen LogP contribution < -0.4 is 10.6 Å². The molecule has 0 aliphatic carbocycles. The summed E-state index contributed by atoms with van der Waals surface area (Å²) in [6, 6.07) is 7.73. The predicted molar refractivity (Wildman–Crippen MR) is 172 cm³/mol. The second-order valence-corrected chi connectivity index (χ2v) is 12.4. The lowest BCUT2D eigenvalue weighted by atomic mass is 9.92. The van der Waals surface area contributed by atoms with Crippen molar-refractivity contribution in [2.45, 2.75) is 31.0 Å². The molecule has 2 aliphatic rings. The van der Waals surface area contributed by atoms with Crippen molar-refractivity contribution in [2.75, 3.05) is 44.6 Å². The number of piperidine rings is 1. The molecular formula is C32H33ClF3N9O4. The van der Waals surface area contributed by atoms with Gasteiger partial charge in [-0.3, -0.25) is 24.5 Å². The van der Waals surface area contributed by atoms with Gasteiger partial charge in [0.2, 0.25) is 0 Å². The molecule has 0 bridgehead atoms. The third-order valence-electron chi connectivity index (χ3n) is 8.73. The summed E-state index contributed by atoms with van der Waals surface area (Å²) in [7, 11) is 1.42. The first-order valence-corrected chi connectivity index (χ1v) is 15.9. The SMILES string of the molecule is Cn1c(-c2c(C(F)(F)F)n[nH]c2Cc2cccnc2)cnc1C(=O)Nc1ccc(C(=O)N2CCN(C(=O)C3(O)CCCNC3)CC2)c(Cl)c1. The summed E-state index contributed by atoms with van der Waals surface area (Å²) >= 11 is 6.47. The minimum absolute atomic E-state index is 0.0236. The standard InChI is InChI=1S/C32H33ClF3N9O4/c1-43-24(25-23(14-19-4-2-8-37-16-19)41-42-26(25)32(34,35)36)17-39-27(43)28(46)40-20-5-6-21(22(33)15-20)29(47)44-10-12-45(13-11-44)30(48)31(49)7-3-9-38-18-31/h2,4-6,8,15-17,38,49H,3,7,9-14,18H2,1H3,(H,40,46)(H,41,42). The molecule has 0 radical (unpaired) electrons. The van der Waals surface area contributed by atoms with Gasteiger partial charge in [-0.15, -0.1) is 0 Å². The molecule has 0 saturated carbocycles. The molecule has 0 spiro atoms. The number of imidazole rings is 1. The molecule has 3 aromatic heterocycles. The van der Waals surface area contributed by atoms with E-state index in [1.807, 2.05) is 0 Å². The molecule has 1 aromatic carbocycles. The monoisotopic (exact) mass is 699 g/mol. The lowest BCUT2D eigenvalue weighted by Gasteiger charge is -2.40. The smallest absolute Gasteiger partial charge is 0.379 e. The molecule has 4 aromatic rings. The highest BCUT2D eigenvalue weighted by molar-refractivity contribution is 6.34. The number of nitrogens with zero attached hydrogens (tertiary/aromatic N) is 6. The largest absolute Gasteiger partial charge is 0.435 e. The molecule has 49 heavy (non-hydrogen) atoms. The average molecular weight is 700 g/mol. The van der Waals surface area contributed by atoms with Crippen LogP contribution in [0, 0.1) is 0 Å². The van der Waals surface area contributed by atoms with Crippen LogP contribution in [-0.2, 0) is 24.4 Å². The molecule has 4 N–H and O–H groups in total. The van der Waals surface area contributed by atoms with E-state index >= 15 is 0 Å². The van der Waals surface area contributed by atoms with Crippen LogP contribution in [0.1, 0.15) is 50.8 Å². The van der Waals surface area contributed by atoms with E-state index in [4.69, 9.17) is 11.6 Å². The number of hydrogen-bond donors (Lipinski definition) is 4. The van der Waals surface area contributed by atoms with Crippen molar-refractivity contribution in [1.29, 1.82) is 0 Å². The van der Waals surface area contributed by atoms with E-state index in [0.29, 0.717) is 18.4 Å². The lowest BCUT2D eigenvalue weighted by molar-refractivity contribution is -0.154. The number of pyridine rings is 1. The van der Waals surface area contributed by atoms with Crippen LogP contribution in [0.25, 0.3) is 11.3 Å². The molecule has 1 unspecified atom stereocenters. The summed E-state index contributed by atoms with van der Waals surface area (Å²) in [5.74, 6) is -1.59. The summed E-state index contributed by atoms with van der Waals surface area (Å²) < 4.78 is 43.2. The van der Waals surface area contributed by atoms with Crippen molar-refractivity contribution in [2.24, 2.45) is 7.05 Å². The lowest BCUT2D eigenvalue weighted by Crippen LogP contribution is -2.60. The summed E-state index contributed by atoms with van der Waals surface area (Å²) in [5.41, 5.74) is -1.54. The van der Waals surface area contributed by atoms with E-state index in [1.54, 1.807) is 28.1 Å². The Morgan fingerprint density at radius 3 is 2.51 bits per heavy atom. The number of aromatic nitrogens is 5. The van der Waals surface area contributed by atoms with E-state index in [1.165, 1.54) is 42.2 Å². The van der Waals surface area contributed by atoms with Gasteiger partial charge in [0, 0.05) is 70.0 Å². The average Bonchev–Trinajstić information content (AvgIpc) is 3.68. The molecule has 6 rings (SSSR count). The normalized spacial score (nSPS) is 18.4. The Morgan fingerprint density at radius 2 is 1.86 bits per heavy atom. The zero-order chi connectivity index (χ0) is 34.9. The van der Waals surface area contributed by atoms with Crippen molar-refractivity contribution in [3.63, 3.8) is 0 Å². The molecule has 17 heteroatoms. The number of alkyl halides is 3. The van der Waals surface area contributed by atoms with Gasteiger partial charge in [0.15, 0.2) is 17.1 Å². The Kier molecular flexibility index (Phi) is 9.46. The van der Waals surface area contributed by atoms with E-state index in [9.17, 15) is 32.7 Å². The third-order valence-corrected chi connectivity index (χ3v) is 9.04. The third kappa shape index (κ3) is 7.02. The van der Waals surface area contributed by atoms with Crippen molar-refractivity contribution < 1.29 is 32.7 Å². The maximum Gasteiger partial charge on any atom is 0.435 e. The fourth-order valence-corrected chi connectivity index (χ4v) is 6.41. The molecule has 13 nitrogen and oxygen atoms in total. The molecule has 2 saturated heterocycles. The highest BCUT2D eigenvalue weighted by Crippen LogP contribution is 2.38. The molecule has 5 heterocycles. The molecule has 1 atom stereocenters. The van der Waals surface area contributed by atoms with Gasteiger partial charge in [0.1, 0.15) is 0 Å². The van der Waals surface area contributed by atoms with Gasteiger partial charge in [-0.25, -0.2) is 4.98 Å². The Balaban J connectivity index is 1.13. The van der Waals surface area contributed by atoms with Gasteiger partial charge in [-0.1, -0.05) is 17.7 Å². The maximum absolute atomic E-state index is 14.0. The van der Waals surface area contributed by atoms with Crippen LogP contribution in [0.15, 0.2) is 48.9 Å². The molecule has 258 valence electrons. The predicted octanol–water partition coefficient (Wildman–Crippen LogP) is 3.12. The Labute approximate surface area is 283 Å². The minimum Gasteiger partial charge on any atom is -0.379 e. The van der Waals surface area contributed by atoms with Crippen LogP contribution >= 0.6 is 11.6 Å². The molecule has 2 fully saturated rings. The van der Waals surface area contributed by atoms with E-state index in [0.717, 1.165) is 6.54 Å². The van der Waals surface area contributed by atoms with Gasteiger partial charge in [0.05, 0.1) is 28.0 Å². The number of aliphatic hydroxyl groups is 1. The van der Waals surface area contributed by atoms with Crippen molar-refractivity contribution in [3.8, 4) is 11.3 Å². The summed E-state index contributed by atoms with van der Waals surface area (Å²) in [6.45, 7) is 1.97. The Hall–Kier alpha value is -4.80. The number of benzene rings is 1. The van der Waals surface area contributed by atoms with Crippen LogP contribution in [0.5, 0.6) is 0 Å². The van der Waals surface area contributed by atoms with Crippen molar-refractivity contribution in [3.05, 3.63) is 82.3 Å². The maximum atomic E-state index is 14.0. The fourth-order valence-electron chi connectivity index (χ4n) is 6.15. The van der Waals surface area contributed by atoms with Crippen LogP contribution in [-0.4, -0.2) is 102 Å². The number of halogens is 4. The highest BCUT2D eigenvalue weighted by Gasteiger charge is 2.42. The van der Waals surface area contributed by atoms with Crippen LogP contribution in [0.4, 0.5) is 18.9 Å². The number of β-amino-alcohol motifs (C(OH)–C–C–N with tert-alkyl or cyclic N) is 1. The second-order valence-electron chi connectivity index (χ2n) is 12.0. The van der Waals surface area contributed by atoms with Gasteiger partial charge < -0.3 is 30.1 Å². The zero-order valence-corrected chi connectivity index (χ0v) is 27.1. The molecular weight excluding hydrogens is 667 g/mol. The first kappa shape index (κ1) is 34.1. The topological polar surface area (TPSA) is 161 Å². The zero-order valence-electron chi connectivity index (χ0n) is 26.3. The Bertz CT molecular complexity index is 1860. The van der Waals surface area contributed by atoms with Gasteiger partial charge in [-0.2, -0.15) is 18.3 Å². The number of anilines is 1. The number of carbonyl (C=O) groups excluding carboxylic acids is 3. The van der Waals surface area contributed by atoms with E-state index in [-0.39, 0.29) is 90.0 Å². The molecule has 3 amide bonds.